The third-order valence-electron chi connectivity index (χ3n) is 2.32. The summed E-state index contributed by atoms with van der Waals surface area (Å²) in [5.74, 6) is 0.551. The third kappa shape index (κ3) is 3.11. The van der Waals surface area contributed by atoms with Gasteiger partial charge in [0.15, 0.2) is 0 Å². The Hall–Kier alpha value is -0.0900. The Balaban J connectivity index is 2.21. The van der Waals surface area contributed by atoms with Crippen molar-refractivity contribution in [3.63, 3.8) is 0 Å². The van der Waals surface area contributed by atoms with Gasteiger partial charge in [-0.3, -0.25) is 0 Å². The number of rotatable bonds is 3. The fourth-order valence-corrected chi connectivity index (χ4v) is 2.46. The highest BCUT2D eigenvalue weighted by Crippen LogP contribution is 2.44. The molecule has 0 unspecified atom stereocenters. The van der Waals surface area contributed by atoms with Crippen LogP contribution in [0.4, 0.5) is 0 Å². The first-order valence-electron chi connectivity index (χ1n) is 4.23. The first kappa shape index (κ1) is 9.99. The second kappa shape index (κ2) is 3.00. The smallest absolute Gasteiger partial charge is 0.208 e. The van der Waals surface area contributed by atoms with E-state index in [1.54, 1.807) is 0 Å². The Morgan fingerprint density at radius 3 is 2.25 bits per heavy atom. The molecule has 12 heavy (non-hydrogen) atoms. The van der Waals surface area contributed by atoms with Gasteiger partial charge in [0.2, 0.25) is 10.0 Å². The molecule has 0 saturated heterocycles. The van der Waals surface area contributed by atoms with Gasteiger partial charge in [0.05, 0.1) is 6.26 Å². The van der Waals surface area contributed by atoms with Crippen molar-refractivity contribution in [3.05, 3.63) is 0 Å². The fourth-order valence-electron chi connectivity index (χ4n) is 1.92. The van der Waals surface area contributed by atoms with E-state index in [0.29, 0.717) is 17.9 Å². The van der Waals surface area contributed by atoms with Crippen LogP contribution >= 0.6 is 0 Å². The van der Waals surface area contributed by atoms with E-state index in [1.165, 1.54) is 6.26 Å². The Morgan fingerprint density at radius 1 is 1.42 bits per heavy atom. The van der Waals surface area contributed by atoms with Gasteiger partial charge >= 0.3 is 0 Å². The lowest BCUT2D eigenvalue weighted by molar-refractivity contribution is 0.100. The fraction of sp³-hybridized carbons (Fsp3) is 1.00. The molecule has 0 aromatic rings. The second-order valence-corrected chi connectivity index (χ2v) is 6.39. The van der Waals surface area contributed by atoms with Crippen molar-refractivity contribution in [2.45, 2.75) is 26.7 Å². The van der Waals surface area contributed by atoms with Crippen molar-refractivity contribution >= 4 is 10.0 Å². The van der Waals surface area contributed by atoms with E-state index in [4.69, 9.17) is 0 Å². The number of sulfonamides is 1. The zero-order valence-electron chi connectivity index (χ0n) is 7.92. The van der Waals surface area contributed by atoms with Crippen LogP contribution in [0.1, 0.15) is 26.7 Å². The zero-order valence-corrected chi connectivity index (χ0v) is 8.74. The summed E-state index contributed by atoms with van der Waals surface area (Å²) in [4.78, 5) is 0. The molecule has 0 heterocycles. The predicted molar refractivity (Wildman–Crippen MR) is 49.4 cm³/mol. The Morgan fingerprint density at radius 2 is 1.92 bits per heavy atom. The molecule has 0 aromatic carbocycles. The highest BCUT2D eigenvalue weighted by molar-refractivity contribution is 7.88. The molecule has 1 rings (SSSR count). The van der Waals surface area contributed by atoms with E-state index >= 15 is 0 Å². The summed E-state index contributed by atoms with van der Waals surface area (Å²) in [5.41, 5.74) is 0.434. The molecule has 1 N–H and O–H groups in total. The molecule has 1 fully saturated rings. The number of hydrogen-bond acceptors (Lipinski definition) is 2. The van der Waals surface area contributed by atoms with Crippen LogP contribution < -0.4 is 4.72 Å². The van der Waals surface area contributed by atoms with Crippen molar-refractivity contribution < 1.29 is 8.42 Å². The van der Waals surface area contributed by atoms with Crippen LogP contribution in [0.25, 0.3) is 0 Å². The van der Waals surface area contributed by atoms with Gasteiger partial charge in [0, 0.05) is 6.54 Å². The zero-order chi connectivity index (χ0) is 9.41. The van der Waals surface area contributed by atoms with E-state index in [2.05, 4.69) is 18.6 Å². The quantitative estimate of drug-likeness (QED) is 0.722. The van der Waals surface area contributed by atoms with E-state index in [9.17, 15) is 8.42 Å². The van der Waals surface area contributed by atoms with Crippen molar-refractivity contribution in [1.29, 1.82) is 0 Å². The summed E-state index contributed by atoms with van der Waals surface area (Å²) in [5, 5.41) is 0. The van der Waals surface area contributed by atoms with Gasteiger partial charge < -0.3 is 0 Å². The number of nitrogens with one attached hydrogen (secondary N) is 1. The molecule has 0 bridgehead atoms. The van der Waals surface area contributed by atoms with E-state index in [1.807, 2.05) is 0 Å². The van der Waals surface area contributed by atoms with Gasteiger partial charge in [-0.2, -0.15) is 0 Å². The minimum Gasteiger partial charge on any atom is -0.215 e. The maximum atomic E-state index is 10.7. The van der Waals surface area contributed by atoms with Gasteiger partial charge in [-0.05, 0) is 24.2 Å². The lowest BCUT2D eigenvalue weighted by atomic mass is 9.65. The summed E-state index contributed by atoms with van der Waals surface area (Å²) in [6.45, 7) is 5.04. The summed E-state index contributed by atoms with van der Waals surface area (Å²) in [6, 6.07) is 0. The van der Waals surface area contributed by atoms with Crippen LogP contribution in [-0.4, -0.2) is 21.2 Å². The molecule has 1 aliphatic carbocycles. The lowest BCUT2D eigenvalue weighted by Gasteiger charge is -2.42. The van der Waals surface area contributed by atoms with Crippen LogP contribution in [0.5, 0.6) is 0 Å². The minimum atomic E-state index is -2.98. The normalized spacial score (nSPS) is 23.6. The Kier molecular flexibility index (Phi) is 2.50. The molecule has 0 radical (unpaired) electrons. The van der Waals surface area contributed by atoms with Crippen LogP contribution in [0.2, 0.25) is 0 Å². The summed E-state index contributed by atoms with van der Waals surface area (Å²) < 4.78 is 24.0. The Bertz CT molecular complexity index is 248. The van der Waals surface area contributed by atoms with E-state index in [-0.39, 0.29) is 0 Å². The topological polar surface area (TPSA) is 46.2 Å². The third-order valence-corrected chi connectivity index (χ3v) is 3.01. The molecule has 3 nitrogen and oxygen atoms in total. The van der Waals surface area contributed by atoms with Crippen LogP contribution in [-0.2, 0) is 10.0 Å². The average Bonchev–Trinajstić information content (AvgIpc) is 1.76. The first-order chi connectivity index (χ1) is 5.29. The van der Waals surface area contributed by atoms with Crippen molar-refractivity contribution in [2.24, 2.45) is 11.3 Å². The van der Waals surface area contributed by atoms with Gasteiger partial charge in [0.25, 0.3) is 0 Å². The van der Waals surface area contributed by atoms with Crippen LogP contribution in [0.3, 0.4) is 0 Å². The highest BCUT2D eigenvalue weighted by atomic mass is 32.2. The largest absolute Gasteiger partial charge is 0.215 e. The molecular formula is C8H17NO2S. The van der Waals surface area contributed by atoms with E-state index < -0.39 is 10.0 Å². The first-order valence-corrected chi connectivity index (χ1v) is 6.12. The monoisotopic (exact) mass is 191 g/mol. The predicted octanol–water partition coefficient (Wildman–Crippen LogP) is 0.972. The standard InChI is InChI=1S/C8H17NO2S/c1-8(2)4-7(5-8)6-9-12(3,10)11/h7,9H,4-6H2,1-3H3. The summed E-state index contributed by atoms with van der Waals surface area (Å²) in [7, 11) is -2.98. The maximum absolute atomic E-state index is 10.7. The van der Waals surface area contributed by atoms with Crippen LogP contribution in [0, 0.1) is 11.3 Å². The van der Waals surface area contributed by atoms with Gasteiger partial charge in [-0.15, -0.1) is 0 Å². The maximum Gasteiger partial charge on any atom is 0.208 e. The van der Waals surface area contributed by atoms with Crippen molar-refractivity contribution in [3.8, 4) is 0 Å². The molecule has 0 aromatic heterocycles. The molecule has 0 amide bonds. The van der Waals surface area contributed by atoms with E-state index in [0.717, 1.165) is 12.8 Å². The molecule has 0 atom stereocenters. The molecular weight excluding hydrogens is 174 g/mol. The molecule has 72 valence electrons. The molecule has 0 spiro atoms. The van der Waals surface area contributed by atoms with Gasteiger partial charge in [0.1, 0.15) is 0 Å². The number of hydrogen-bond donors (Lipinski definition) is 1. The SMILES string of the molecule is CC1(C)CC(CNS(C)(=O)=O)C1. The van der Waals surface area contributed by atoms with Crippen LogP contribution in [0.15, 0.2) is 0 Å². The summed E-state index contributed by atoms with van der Waals surface area (Å²) in [6.07, 6.45) is 3.47. The lowest BCUT2D eigenvalue weighted by Crippen LogP contribution is -2.39. The van der Waals surface area contributed by atoms with Gasteiger partial charge in [-0.1, -0.05) is 13.8 Å². The molecule has 0 aliphatic heterocycles. The molecule has 1 saturated carbocycles. The Labute approximate surface area is 74.6 Å². The van der Waals surface area contributed by atoms with Crippen molar-refractivity contribution in [1.82, 2.24) is 4.72 Å². The highest BCUT2D eigenvalue weighted by Gasteiger charge is 2.35. The minimum absolute atomic E-state index is 0.434. The molecule has 1 aliphatic rings. The second-order valence-electron chi connectivity index (χ2n) is 4.56. The summed E-state index contributed by atoms with van der Waals surface area (Å²) >= 11 is 0. The van der Waals surface area contributed by atoms with Gasteiger partial charge in [-0.25, -0.2) is 13.1 Å². The molecule has 4 heteroatoms. The van der Waals surface area contributed by atoms with Crippen molar-refractivity contribution in [2.75, 3.05) is 12.8 Å². The average molecular weight is 191 g/mol.